The average molecular weight is 467 g/mol. The first kappa shape index (κ1) is 25.1. The van der Waals surface area contributed by atoms with Crippen LogP contribution < -0.4 is 4.90 Å². The number of rotatable bonds is 6. The van der Waals surface area contributed by atoms with Gasteiger partial charge in [-0.1, -0.05) is 11.8 Å². The summed E-state index contributed by atoms with van der Waals surface area (Å²) in [5.41, 5.74) is -1.09. The molecular weight excluding hydrogens is 440 g/mol. The van der Waals surface area contributed by atoms with E-state index in [9.17, 15) is 25.0 Å². The maximum absolute atomic E-state index is 12.6. The number of thioether (sulfide) groups is 1. The van der Waals surface area contributed by atoms with E-state index in [4.69, 9.17) is 9.47 Å². The molecule has 0 saturated carbocycles. The molecule has 1 amide bonds. The summed E-state index contributed by atoms with van der Waals surface area (Å²) in [6.07, 6.45) is 1.19. The van der Waals surface area contributed by atoms with Crippen molar-refractivity contribution in [3.05, 3.63) is 15.8 Å². The van der Waals surface area contributed by atoms with E-state index in [0.29, 0.717) is 0 Å². The molecule has 2 heterocycles. The van der Waals surface area contributed by atoms with Gasteiger partial charge in [0.15, 0.2) is 10.9 Å². The van der Waals surface area contributed by atoms with Gasteiger partial charge in [0.2, 0.25) is 5.82 Å². The first-order valence-corrected chi connectivity index (χ1v) is 11.0. The van der Waals surface area contributed by atoms with Crippen LogP contribution in [0, 0.1) is 21.4 Å². The molecule has 0 bridgehead atoms. The molecule has 13 heteroatoms. The molecule has 1 aliphatic heterocycles. The Morgan fingerprint density at radius 1 is 1.34 bits per heavy atom. The second kappa shape index (κ2) is 10.4. The number of nitriles is 1. The van der Waals surface area contributed by atoms with Crippen molar-refractivity contribution in [2.24, 2.45) is 0 Å². The molecule has 0 aliphatic carbocycles. The molecule has 1 aromatic heterocycles. The molecule has 0 radical (unpaired) electrons. The second-order valence-electron chi connectivity index (χ2n) is 8.00. The van der Waals surface area contributed by atoms with Crippen molar-refractivity contribution < 1.29 is 24.0 Å². The number of amides is 1. The summed E-state index contributed by atoms with van der Waals surface area (Å²) < 4.78 is 10.4. The van der Waals surface area contributed by atoms with E-state index in [2.05, 4.69) is 16.0 Å². The highest BCUT2D eigenvalue weighted by atomic mass is 32.2. The minimum atomic E-state index is -0.699. The fourth-order valence-corrected chi connectivity index (χ4v) is 3.50. The Kier molecular flexibility index (Phi) is 8.20. The van der Waals surface area contributed by atoms with Crippen LogP contribution in [0.2, 0.25) is 0 Å². The van der Waals surface area contributed by atoms with E-state index >= 15 is 0 Å². The quantitative estimate of drug-likeness (QED) is 0.200. The molecule has 1 aromatic rings. The van der Waals surface area contributed by atoms with Crippen LogP contribution in [0.15, 0.2) is 5.16 Å². The number of nitrogens with zero attached hydrogens (tertiary/aromatic N) is 6. The monoisotopic (exact) mass is 466 g/mol. The molecule has 0 N–H and O–H groups in total. The number of carbonyl (C=O) groups excluding carboxylic acids is 2. The number of hydrogen-bond donors (Lipinski definition) is 0. The minimum absolute atomic E-state index is 0.0182. The van der Waals surface area contributed by atoms with Gasteiger partial charge in [-0.2, -0.15) is 10.2 Å². The molecule has 0 spiro atoms. The Morgan fingerprint density at radius 3 is 2.56 bits per heavy atom. The van der Waals surface area contributed by atoms with Gasteiger partial charge in [0.05, 0.1) is 23.5 Å². The summed E-state index contributed by atoms with van der Waals surface area (Å²) in [7, 11) is 0. The van der Waals surface area contributed by atoms with Gasteiger partial charge in [-0.3, -0.25) is 14.9 Å². The zero-order valence-electron chi connectivity index (χ0n) is 18.7. The van der Waals surface area contributed by atoms with Gasteiger partial charge in [0.25, 0.3) is 0 Å². The van der Waals surface area contributed by atoms with E-state index in [0.717, 1.165) is 0 Å². The van der Waals surface area contributed by atoms with Crippen molar-refractivity contribution in [1.82, 2.24) is 14.9 Å². The largest absolute Gasteiger partial charge is 0.459 e. The number of aromatic nitrogens is 2. The first-order chi connectivity index (χ1) is 15.0. The Hall–Kier alpha value is -3.14. The summed E-state index contributed by atoms with van der Waals surface area (Å²) >= 11 is 1.19. The maximum Gasteiger partial charge on any atom is 0.410 e. The summed E-state index contributed by atoms with van der Waals surface area (Å²) in [6.45, 7) is 6.65. The highest BCUT2D eigenvalue weighted by Gasteiger charge is 2.37. The Balaban J connectivity index is 2.41. The number of ether oxygens (including phenoxy) is 2. The van der Waals surface area contributed by atoms with E-state index in [-0.39, 0.29) is 55.0 Å². The van der Waals surface area contributed by atoms with E-state index in [1.807, 2.05) is 0 Å². The highest BCUT2D eigenvalue weighted by Crippen LogP contribution is 2.33. The van der Waals surface area contributed by atoms with Crippen LogP contribution in [-0.2, 0) is 20.9 Å². The maximum atomic E-state index is 12.6. The molecule has 2 rings (SSSR count). The van der Waals surface area contributed by atoms with Crippen molar-refractivity contribution in [3.63, 3.8) is 0 Å². The van der Waals surface area contributed by atoms with Crippen LogP contribution in [0.1, 0.15) is 39.8 Å². The van der Waals surface area contributed by atoms with Gasteiger partial charge in [-0.15, -0.1) is 0 Å². The lowest BCUT2D eigenvalue weighted by atomic mass is 10.1. The lowest BCUT2D eigenvalue weighted by Crippen LogP contribution is -2.56. The Morgan fingerprint density at radius 2 is 2.03 bits per heavy atom. The highest BCUT2D eigenvalue weighted by molar-refractivity contribution is 7.98. The van der Waals surface area contributed by atoms with Crippen molar-refractivity contribution in [2.75, 3.05) is 30.8 Å². The van der Waals surface area contributed by atoms with Gasteiger partial charge >= 0.3 is 17.7 Å². The normalized spacial score (nSPS) is 16.3. The second-order valence-corrected chi connectivity index (χ2v) is 8.78. The number of anilines is 1. The van der Waals surface area contributed by atoms with Crippen molar-refractivity contribution in [1.29, 1.82) is 5.26 Å². The molecule has 1 atom stereocenters. The fourth-order valence-electron chi connectivity index (χ4n) is 3.12. The topological polar surface area (TPSA) is 152 Å². The average Bonchev–Trinajstić information content (AvgIpc) is 2.70. The summed E-state index contributed by atoms with van der Waals surface area (Å²) in [4.78, 5) is 46.7. The van der Waals surface area contributed by atoms with Crippen molar-refractivity contribution in [3.8, 4) is 6.07 Å². The van der Waals surface area contributed by atoms with E-state index in [1.165, 1.54) is 23.6 Å². The van der Waals surface area contributed by atoms with Gasteiger partial charge in [0, 0.05) is 26.6 Å². The fraction of sp³-hybridized carbons (Fsp3) is 0.632. The SMILES string of the molecule is CSc1nc(COC(C)=O)c([N+](=O)[O-])c(N2CCN(C(=O)OC(C)(C)C)[C@@H](CC#N)C2)n1. The van der Waals surface area contributed by atoms with Crippen molar-refractivity contribution in [2.45, 2.75) is 57.5 Å². The summed E-state index contributed by atoms with van der Waals surface area (Å²) in [5, 5.41) is 21.4. The lowest BCUT2D eigenvalue weighted by molar-refractivity contribution is -0.385. The summed E-state index contributed by atoms with van der Waals surface area (Å²) in [5.74, 6) is -0.534. The summed E-state index contributed by atoms with van der Waals surface area (Å²) in [6, 6.07) is 1.51. The molecule has 1 fully saturated rings. The van der Waals surface area contributed by atoms with Gasteiger partial charge in [0.1, 0.15) is 12.2 Å². The molecule has 0 aromatic carbocycles. The van der Waals surface area contributed by atoms with E-state index in [1.54, 1.807) is 31.9 Å². The van der Waals surface area contributed by atoms with Crippen LogP contribution in [0.5, 0.6) is 0 Å². The number of piperazine rings is 1. The zero-order chi connectivity index (χ0) is 24.1. The van der Waals surface area contributed by atoms with Gasteiger partial charge in [-0.25, -0.2) is 9.78 Å². The molecule has 32 heavy (non-hydrogen) atoms. The third kappa shape index (κ3) is 6.43. The predicted molar refractivity (Wildman–Crippen MR) is 115 cm³/mol. The third-order valence-corrected chi connectivity index (χ3v) is 4.98. The van der Waals surface area contributed by atoms with Crippen LogP contribution in [0.4, 0.5) is 16.3 Å². The Bertz CT molecular complexity index is 928. The van der Waals surface area contributed by atoms with Gasteiger partial charge in [-0.05, 0) is 27.0 Å². The number of carbonyl (C=O) groups is 2. The third-order valence-electron chi connectivity index (χ3n) is 4.43. The van der Waals surface area contributed by atoms with Crippen LogP contribution in [-0.4, -0.2) is 69.4 Å². The zero-order valence-corrected chi connectivity index (χ0v) is 19.5. The minimum Gasteiger partial charge on any atom is -0.459 e. The number of nitro groups is 1. The van der Waals surface area contributed by atoms with E-state index < -0.39 is 28.6 Å². The van der Waals surface area contributed by atoms with Crippen LogP contribution in [0.3, 0.4) is 0 Å². The lowest BCUT2D eigenvalue weighted by Gasteiger charge is -2.41. The number of hydrogen-bond acceptors (Lipinski definition) is 11. The smallest absolute Gasteiger partial charge is 0.410 e. The molecule has 1 saturated heterocycles. The molecule has 12 nitrogen and oxygen atoms in total. The van der Waals surface area contributed by atoms with Crippen molar-refractivity contribution >= 4 is 35.3 Å². The molecule has 1 aliphatic rings. The molecule has 0 unspecified atom stereocenters. The first-order valence-electron chi connectivity index (χ1n) is 9.81. The predicted octanol–water partition coefficient (Wildman–Crippen LogP) is 2.51. The van der Waals surface area contributed by atoms with Gasteiger partial charge < -0.3 is 19.3 Å². The Labute approximate surface area is 190 Å². The van der Waals surface area contributed by atoms with Crippen LogP contribution >= 0.6 is 11.8 Å². The molecule has 174 valence electrons. The van der Waals surface area contributed by atoms with Crippen LogP contribution in [0.25, 0.3) is 0 Å². The molecular formula is C19H26N6O6S. The standard InChI is InChI=1S/C19H26N6O6S/c1-12(26)30-11-14-15(25(28)29)16(22-17(21-14)32-5)23-8-9-24(13(10-23)6-7-20)18(27)31-19(2,3)4/h13H,6,8-11H2,1-5H3/t13-/m0/s1. The number of esters is 1.